The van der Waals surface area contributed by atoms with E-state index in [0.29, 0.717) is 12.2 Å². The molecular weight excluding hydrogens is 257 g/mol. The average Bonchev–Trinajstić information content (AvgIpc) is 2.64. The first-order valence-electron chi connectivity index (χ1n) is 5.72. The normalized spacial score (nSPS) is 10.9. The first-order valence-corrected chi connectivity index (χ1v) is 5.72. The molecule has 0 atom stereocenters. The highest BCUT2D eigenvalue weighted by atomic mass is 19.2. The van der Waals surface area contributed by atoms with Gasteiger partial charge in [-0.1, -0.05) is 6.92 Å². The van der Waals surface area contributed by atoms with Crippen LogP contribution in [-0.2, 0) is 6.42 Å². The Morgan fingerprint density at radius 3 is 2.32 bits per heavy atom. The molecule has 2 aromatic rings. The third-order valence-corrected chi connectivity index (χ3v) is 2.75. The van der Waals surface area contributed by atoms with Crippen molar-refractivity contribution in [2.24, 2.45) is 0 Å². The van der Waals surface area contributed by atoms with Crippen molar-refractivity contribution in [1.82, 2.24) is 9.66 Å². The summed E-state index contributed by atoms with van der Waals surface area (Å²) in [6, 6.07) is 1.68. The number of aromatic nitrogens is 2. The Labute approximate surface area is 107 Å². The zero-order chi connectivity index (χ0) is 14.2. The van der Waals surface area contributed by atoms with E-state index in [0.717, 1.165) is 23.2 Å². The van der Waals surface area contributed by atoms with Crippen LogP contribution in [0.2, 0.25) is 0 Å². The minimum Gasteiger partial charge on any atom is -0.382 e. The molecule has 2 rings (SSSR count). The smallest absolute Gasteiger partial charge is 0.194 e. The van der Waals surface area contributed by atoms with Crippen molar-refractivity contribution in [2.75, 3.05) is 11.6 Å². The molecule has 102 valence electrons. The predicted octanol–water partition coefficient (Wildman–Crippen LogP) is 2.22. The van der Waals surface area contributed by atoms with Gasteiger partial charge in [0, 0.05) is 12.0 Å². The molecular formula is C12H13F3N4. The second-order valence-corrected chi connectivity index (χ2v) is 4.14. The van der Waals surface area contributed by atoms with Crippen LogP contribution in [0.1, 0.15) is 19.2 Å². The average molecular weight is 270 g/mol. The molecule has 0 aliphatic heterocycles. The van der Waals surface area contributed by atoms with Crippen LogP contribution in [0.5, 0.6) is 0 Å². The van der Waals surface area contributed by atoms with Gasteiger partial charge >= 0.3 is 0 Å². The quantitative estimate of drug-likeness (QED) is 0.663. The first kappa shape index (κ1) is 13.3. The maximum Gasteiger partial charge on any atom is 0.194 e. The zero-order valence-electron chi connectivity index (χ0n) is 10.3. The Morgan fingerprint density at radius 2 is 1.79 bits per heavy atom. The topological polar surface area (TPSA) is 69.9 Å². The van der Waals surface area contributed by atoms with Crippen LogP contribution in [0.4, 0.5) is 19.0 Å². The van der Waals surface area contributed by atoms with Gasteiger partial charge in [-0.3, -0.25) is 0 Å². The van der Waals surface area contributed by atoms with E-state index in [9.17, 15) is 13.2 Å². The maximum atomic E-state index is 13.2. The molecule has 1 aromatic heterocycles. The van der Waals surface area contributed by atoms with Gasteiger partial charge in [0.25, 0.3) is 0 Å². The van der Waals surface area contributed by atoms with Crippen molar-refractivity contribution < 1.29 is 13.2 Å². The van der Waals surface area contributed by atoms with Crippen molar-refractivity contribution >= 4 is 5.82 Å². The fourth-order valence-corrected chi connectivity index (χ4v) is 1.80. The summed E-state index contributed by atoms with van der Waals surface area (Å²) >= 11 is 0. The number of imidazole rings is 1. The van der Waals surface area contributed by atoms with E-state index < -0.39 is 17.5 Å². The van der Waals surface area contributed by atoms with E-state index in [2.05, 4.69) is 4.98 Å². The van der Waals surface area contributed by atoms with Crippen molar-refractivity contribution in [3.8, 4) is 11.3 Å². The molecule has 7 heteroatoms. The molecule has 0 bridgehead atoms. The fraction of sp³-hybridized carbons (Fsp3) is 0.250. The maximum absolute atomic E-state index is 13.2. The molecule has 0 fully saturated rings. The third-order valence-electron chi connectivity index (χ3n) is 2.75. The third kappa shape index (κ3) is 2.23. The minimum atomic E-state index is -1.52. The highest BCUT2D eigenvalue weighted by molar-refractivity contribution is 5.71. The highest BCUT2D eigenvalue weighted by Gasteiger charge is 2.18. The lowest BCUT2D eigenvalue weighted by Gasteiger charge is -2.02. The molecule has 0 unspecified atom stereocenters. The Kier molecular flexibility index (Phi) is 3.37. The van der Waals surface area contributed by atoms with Crippen LogP contribution in [0.25, 0.3) is 11.3 Å². The molecule has 4 N–H and O–H groups in total. The van der Waals surface area contributed by atoms with E-state index >= 15 is 0 Å². The number of nitrogens with zero attached hydrogens (tertiary/aromatic N) is 2. The summed E-state index contributed by atoms with van der Waals surface area (Å²) in [5.74, 6) is 2.17. The van der Waals surface area contributed by atoms with Gasteiger partial charge in [-0.05, 0) is 18.6 Å². The summed E-state index contributed by atoms with van der Waals surface area (Å²) in [7, 11) is 0. The number of anilines is 1. The van der Waals surface area contributed by atoms with Gasteiger partial charge < -0.3 is 11.6 Å². The van der Waals surface area contributed by atoms with Gasteiger partial charge in [-0.15, -0.1) is 0 Å². The van der Waals surface area contributed by atoms with Crippen molar-refractivity contribution in [3.05, 3.63) is 35.4 Å². The number of halogens is 3. The largest absolute Gasteiger partial charge is 0.382 e. The fourth-order valence-electron chi connectivity index (χ4n) is 1.80. The van der Waals surface area contributed by atoms with Crippen LogP contribution < -0.4 is 11.6 Å². The predicted molar refractivity (Wildman–Crippen MR) is 66.1 cm³/mol. The molecule has 1 aromatic carbocycles. The van der Waals surface area contributed by atoms with E-state index in [1.807, 2.05) is 6.92 Å². The van der Waals surface area contributed by atoms with Crippen LogP contribution in [0.15, 0.2) is 12.1 Å². The van der Waals surface area contributed by atoms with E-state index in [1.54, 1.807) is 0 Å². The second-order valence-electron chi connectivity index (χ2n) is 4.14. The molecule has 0 amide bonds. The minimum absolute atomic E-state index is 0.0513. The van der Waals surface area contributed by atoms with Crippen LogP contribution in [0.3, 0.4) is 0 Å². The van der Waals surface area contributed by atoms with Gasteiger partial charge in [0.15, 0.2) is 23.3 Å². The summed E-state index contributed by atoms with van der Waals surface area (Å²) in [6.45, 7) is 1.93. The van der Waals surface area contributed by atoms with Gasteiger partial charge in [-0.2, -0.15) is 0 Å². The highest BCUT2D eigenvalue weighted by Crippen LogP contribution is 2.28. The van der Waals surface area contributed by atoms with Crippen LogP contribution >= 0.6 is 0 Å². The lowest BCUT2D eigenvalue weighted by molar-refractivity contribution is 0.447. The second kappa shape index (κ2) is 4.83. The molecule has 0 spiro atoms. The van der Waals surface area contributed by atoms with Crippen LogP contribution in [0, 0.1) is 17.5 Å². The van der Waals surface area contributed by atoms with Crippen molar-refractivity contribution in [2.45, 2.75) is 19.8 Å². The molecule has 4 nitrogen and oxygen atoms in total. The van der Waals surface area contributed by atoms with Crippen molar-refractivity contribution in [3.63, 3.8) is 0 Å². The van der Waals surface area contributed by atoms with Gasteiger partial charge in [0.1, 0.15) is 11.5 Å². The molecule has 0 saturated heterocycles. The van der Waals surface area contributed by atoms with Crippen LogP contribution in [-0.4, -0.2) is 9.66 Å². The summed E-state index contributed by atoms with van der Waals surface area (Å²) in [6.07, 6.45) is 1.37. The molecule has 0 aliphatic rings. The van der Waals surface area contributed by atoms with Gasteiger partial charge in [0.2, 0.25) is 0 Å². The number of benzene rings is 1. The van der Waals surface area contributed by atoms with E-state index in [1.165, 1.54) is 0 Å². The molecule has 0 aliphatic carbocycles. The number of nitrogen functional groups attached to an aromatic ring is 2. The van der Waals surface area contributed by atoms with E-state index in [4.69, 9.17) is 11.6 Å². The number of hydrogen-bond donors (Lipinski definition) is 2. The molecule has 19 heavy (non-hydrogen) atoms. The zero-order valence-corrected chi connectivity index (χ0v) is 10.3. The Hall–Kier alpha value is -2.18. The lowest BCUT2D eigenvalue weighted by atomic mass is 10.1. The molecule has 1 heterocycles. The Morgan fingerprint density at radius 1 is 1.21 bits per heavy atom. The number of nitrogens with two attached hydrogens (primary N) is 2. The lowest BCUT2D eigenvalue weighted by Crippen LogP contribution is -2.15. The van der Waals surface area contributed by atoms with Crippen molar-refractivity contribution in [1.29, 1.82) is 0 Å². The number of rotatable bonds is 3. The monoisotopic (exact) mass is 270 g/mol. The SMILES string of the molecule is CCCc1nc(-c2cc(F)c(F)c(F)c2)c(N)n1N. The van der Waals surface area contributed by atoms with Gasteiger partial charge in [-0.25, -0.2) is 22.8 Å². The summed E-state index contributed by atoms with van der Waals surface area (Å²) < 4.78 is 40.4. The molecule has 0 saturated carbocycles. The summed E-state index contributed by atoms with van der Waals surface area (Å²) in [4.78, 5) is 4.14. The summed E-state index contributed by atoms with van der Waals surface area (Å²) in [5, 5.41) is 0. The molecule has 0 radical (unpaired) electrons. The standard InChI is InChI=1S/C12H13F3N4/c1-2-3-9-18-11(12(16)19(9)17)6-4-7(13)10(15)8(14)5-6/h4-5H,2-3,16-17H2,1H3. The number of aryl methyl sites for hydroxylation is 1. The number of hydrogen-bond acceptors (Lipinski definition) is 3. The Bertz CT molecular complexity index is 599. The van der Waals surface area contributed by atoms with E-state index in [-0.39, 0.29) is 17.1 Å². The van der Waals surface area contributed by atoms with Gasteiger partial charge in [0.05, 0.1) is 0 Å². The Balaban J connectivity index is 2.56. The first-order chi connectivity index (χ1) is 8.95. The summed E-state index contributed by atoms with van der Waals surface area (Å²) in [5.41, 5.74) is 5.93.